The highest BCUT2D eigenvalue weighted by Crippen LogP contribution is 2.46. The van der Waals surface area contributed by atoms with Crippen molar-refractivity contribution in [1.82, 2.24) is 0 Å². The number of hydrogen-bond donors (Lipinski definition) is 0. The van der Waals surface area contributed by atoms with Crippen LogP contribution in [0.25, 0.3) is 0 Å². The van der Waals surface area contributed by atoms with Crippen LogP contribution in [0.5, 0.6) is 5.75 Å². The maximum absolute atomic E-state index is 14.7. The fraction of sp³-hybridized carbons (Fsp3) is 0.571. The summed E-state index contributed by atoms with van der Waals surface area (Å²) in [7, 11) is 0. The number of aryl methyl sites for hydroxylation is 1. The summed E-state index contributed by atoms with van der Waals surface area (Å²) in [6, 6.07) is 10.8. The van der Waals surface area contributed by atoms with Gasteiger partial charge in [-0.15, -0.1) is 0 Å². The largest absolute Gasteiger partial charge is 0.460 e. The molecule has 0 bridgehead atoms. The summed E-state index contributed by atoms with van der Waals surface area (Å²) in [5.41, 5.74) is 3.01. The van der Waals surface area contributed by atoms with Gasteiger partial charge < -0.3 is 4.74 Å². The molecule has 0 aliphatic heterocycles. The van der Waals surface area contributed by atoms with Crippen molar-refractivity contribution in [3.63, 3.8) is 0 Å². The van der Waals surface area contributed by atoms with Gasteiger partial charge in [-0.25, -0.2) is 13.2 Å². The summed E-state index contributed by atoms with van der Waals surface area (Å²) in [6.45, 7) is 1.11. The fourth-order valence-corrected chi connectivity index (χ4v) is 6.12. The molecule has 0 spiro atoms. The van der Waals surface area contributed by atoms with Gasteiger partial charge in [0.2, 0.25) is 6.86 Å². The first kappa shape index (κ1) is 23.2. The molecule has 0 amide bonds. The molecule has 0 N–H and O–H groups in total. The zero-order valence-corrected chi connectivity index (χ0v) is 19.1. The number of ether oxygens (including phenoxy) is 1. The van der Waals surface area contributed by atoms with Gasteiger partial charge in [-0.2, -0.15) is 0 Å². The number of benzene rings is 2. The molecule has 0 unspecified atom stereocenters. The van der Waals surface area contributed by atoms with Crippen LogP contribution >= 0.6 is 0 Å². The second-order valence-corrected chi connectivity index (χ2v) is 9.77. The first-order valence-corrected chi connectivity index (χ1v) is 12.4. The number of alkyl halides is 1. The van der Waals surface area contributed by atoms with Gasteiger partial charge in [-0.3, -0.25) is 0 Å². The van der Waals surface area contributed by atoms with E-state index in [0.29, 0.717) is 11.8 Å². The smallest absolute Gasteiger partial charge is 0.228 e. The van der Waals surface area contributed by atoms with Gasteiger partial charge in [0, 0.05) is 0 Å². The van der Waals surface area contributed by atoms with E-state index < -0.39 is 12.7 Å². The minimum atomic E-state index is -1.01. The van der Waals surface area contributed by atoms with Crippen LogP contribution in [-0.2, 0) is 6.42 Å². The summed E-state index contributed by atoms with van der Waals surface area (Å²) in [4.78, 5) is 0. The molecule has 0 atom stereocenters. The van der Waals surface area contributed by atoms with E-state index in [2.05, 4.69) is 17.7 Å². The van der Waals surface area contributed by atoms with Gasteiger partial charge in [0.05, 0.1) is 0 Å². The molecule has 0 radical (unpaired) electrons. The van der Waals surface area contributed by atoms with E-state index in [9.17, 15) is 13.2 Å². The molecule has 2 aromatic carbocycles. The molecule has 1 nitrogen and oxygen atoms in total. The van der Waals surface area contributed by atoms with Crippen molar-refractivity contribution in [3.8, 4) is 5.75 Å². The van der Waals surface area contributed by atoms with Crippen LogP contribution in [0.1, 0.15) is 93.2 Å². The first-order valence-electron chi connectivity index (χ1n) is 12.4. The van der Waals surface area contributed by atoms with Crippen molar-refractivity contribution in [2.75, 3.05) is 6.86 Å². The highest BCUT2D eigenvalue weighted by molar-refractivity contribution is 5.31. The summed E-state index contributed by atoms with van der Waals surface area (Å²) >= 11 is 0. The molecule has 2 fully saturated rings. The lowest BCUT2D eigenvalue weighted by molar-refractivity contribution is 0.175. The normalized spacial score (nSPS) is 26.1. The van der Waals surface area contributed by atoms with Crippen molar-refractivity contribution in [2.24, 2.45) is 11.8 Å². The standard InChI is InChI=1S/C28H35F3O/c1-2-3-19-4-14-25(26(30)16-19)23-11-9-21(10-12-23)20-5-7-22(8-6-20)24-13-15-28(32-18-29)27(31)17-24/h4,13-17,20-23H,2-3,5-12,18H2,1H3. The summed E-state index contributed by atoms with van der Waals surface area (Å²) < 4.78 is 45.7. The van der Waals surface area contributed by atoms with Crippen molar-refractivity contribution < 1.29 is 17.9 Å². The zero-order chi connectivity index (χ0) is 22.5. The van der Waals surface area contributed by atoms with Gasteiger partial charge in [-0.1, -0.05) is 31.5 Å². The Labute approximate surface area is 190 Å². The molecule has 32 heavy (non-hydrogen) atoms. The third kappa shape index (κ3) is 5.32. The number of hydrogen-bond acceptors (Lipinski definition) is 1. The molecular formula is C28H35F3O. The molecule has 0 aromatic heterocycles. The minimum absolute atomic E-state index is 0.0156. The van der Waals surface area contributed by atoms with Crippen molar-refractivity contribution in [2.45, 2.75) is 83.0 Å². The lowest BCUT2D eigenvalue weighted by Gasteiger charge is -2.38. The maximum Gasteiger partial charge on any atom is 0.228 e. The van der Waals surface area contributed by atoms with Crippen LogP contribution in [0.4, 0.5) is 13.2 Å². The quantitative estimate of drug-likeness (QED) is 0.416. The predicted molar refractivity (Wildman–Crippen MR) is 123 cm³/mol. The summed E-state index contributed by atoms with van der Waals surface area (Å²) in [6.07, 6.45) is 11.0. The van der Waals surface area contributed by atoms with Gasteiger partial charge in [0.15, 0.2) is 11.6 Å². The van der Waals surface area contributed by atoms with Crippen molar-refractivity contribution in [3.05, 3.63) is 64.7 Å². The Morgan fingerprint density at radius 2 is 1.44 bits per heavy atom. The highest BCUT2D eigenvalue weighted by atomic mass is 19.1. The fourth-order valence-electron chi connectivity index (χ4n) is 6.12. The molecule has 2 aromatic rings. The van der Waals surface area contributed by atoms with E-state index in [0.717, 1.165) is 67.1 Å². The molecule has 174 valence electrons. The van der Waals surface area contributed by atoms with E-state index >= 15 is 0 Å². The first-order chi connectivity index (χ1) is 15.6. The molecule has 2 aliphatic rings. The molecule has 2 saturated carbocycles. The average molecular weight is 445 g/mol. The van der Waals surface area contributed by atoms with Crippen LogP contribution in [0.3, 0.4) is 0 Å². The molecule has 0 heterocycles. The van der Waals surface area contributed by atoms with Gasteiger partial charge in [-0.05, 0) is 116 Å². The van der Waals surface area contributed by atoms with Crippen LogP contribution in [-0.4, -0.2) is 6.86 Å². The van der Waals surface area contributed by atoms with E-state index in [4.69, 9.17) is 0 Å². The Bertz CT molecular complexity index is 880. The van der Waals surface area contributed by atoms with Crippen LogP contribution < -0.4 is 4.74 Å². The molecular weight excluding hydrogens is 409 g/mol. The molecule has 2 aliphatic carbocycles. The molecule has 0 saturated heterocycles. The molecule has 4 heteroatoms. The lowest BCUT2D eigenvalue weighted by atomic mass is 9.67. The summed E-state index contributed by atoms with van der Waals surface area (Å²) in [5.74, 6) is 1.66. The Morgan fingerprint density at radius 1 is 0.781 bits per heavy atom. The van der Waals surface area contributed by atoms with E-state index in [1.54, 1.807) is 12.1 Å². The van der Waals surface area contributed by atoms with Crippen LogP contribution in [0, 0.1) is 23.5 Å². The lowest BCUT2D eigenvalue weighted by Crippen LogP contribution is -2.25. The number of halogens is 3. The number of rotatable bonds is 7. The summed E-state index contributed by atoms with van der Waals surface area (Å²) in [5, 5.41) is 0. The second kappa shape index (κ2) is 10.8. The Balaban J connectivity index is 1.28. The van der Waals surface area contributed by atoms with E-state index in [1.165, 1.54) is 31.7 Å². The topological polar surface area (TPSA) is 9.23 Å². The maximum atomic E-state index is 14.7. The SMILES string of the molecule is CCCc1ccc(C2CCC(C3CCC(c4ccc(OCF)c(F)c4)CC3)CC2)c(F)c1. The van der Waals surface area contributed by atoms with Gasteiger partial charge in [0.1, 0.15) is 5.82 Å². The van der Waals surface area contributed by atoms with E-state index in [1.807, 2.05) is 12.1 Å². The Kier molecular flexibility index (Phi) is 7.80. The van der Waals surface area contributed by atoms with Gasteiger partial charge in [0.25, 0.3) is 0 Å². The Hall–Kier alpha value is -1.97. The monoisotopic (exact) mass is 444 g/mol. The Morgan fingerprint density at radius 3 is 2.00 bits per heavy atom. The van der Waals surface area contributed by atoms with Crippen molar-refractivity contribution in [1.29, 1.82) is 0 Å². The predicted octanol–water partition coefficient (Wildman–Crippen LogP) is 8.47. The van der Waals surface area contributed by atoms with Gasteiger partial charge >= 0.3 is 0 Å². The van der Waals surface area contributed by atoms with Crippen LogP contribution in [0.15, 0.2) is 36.4 Å². The molecule has 4 rings (SSSR count). The minimum Gasteiger partial charge on any atom is -0.460 e. The van der Waals surface area contributed by atoms with E-state index in [-0.39, 0.29) is 11.6 Å². The van der Waals surface area contributed by atoms with Crippen molar-refractivity contribution >= 4 is 0 Å². The highest BCUT2D eigenvalue weighted by Gasteiger charge is 2.32. The van der Waals surface area contributed by atoms with Crippen LogP contribution in [0.2, 0.25) is 0 Å². The second-order valence-electron chi connectivity index (χ2n) is 9.77. The third-order valence-corrected chi connectivity index (χ3v) is 7.89. The average Bonchev–Trinajstić information content (AvgIpc) is 2.81. The zero-order valence-electron chi connectivity index (χ0n) is 19.1. The third-order valence-electron chi connectivity index (χ3n) is 7.89.